The first kappa shape index (κ1) is 23.8. The van der Waals surface area contributed by atoms with Crippen molar-refractivity contribution in [1.82, 2.24) is 9.97 Å². The van der Waals surface area contributed by atoms with Gasteiger partial charge in [-0.25, -0.2) is 18.4 Å². The molecule has 2 rings (SSSR count). The van der Waals surface area contributed by atoms with Gasteiger partial charge < -0.3 is 21.1 Å². The minimum absolute atomic E-state index is 0.146. The molecule has 2 heterocycles. The number of nitrogens with zero attached hydrogens (tertiary/aromatic N) is 3. The van der Waals surface area contributed by atoms with Gasteiger partial charge in [-0.05, 0) is 20.8 Å². The highest BCUT2D eigenvalue weighted by Crippen LogP contribution is 2.30. The minimum atomic E-state index is -3.60. The van der Waals surface area contributed by atoms with Gasteiger partial charge in [-0.15, -0.1) is 0 Å². The van der Waals surface area contributed by atoms with Crippen molar-refractivity contribution in [3.63, 3.8) is 0 Å². The lowest BCUT2D eigenvalue weighted by Crippen LogP contribution is -2.10. The number of aliphatic imine (C=N–C) groups is 1. The third kappa shape index (κ3) is 6.78. The first-order chi connectivity index (χ1) is 14.5. The van der Waals surface area contributed by atoms with Crippen LogP contribution in [-0.4, -0.2) is 42.9 Å². The molecule has 0 saturated heterocycles. The Balaban J connectivity index is 2.62. The van der Waals surface area contributed by atoms with Crippen LogP contribution in [0.4, 0.5) is 17.3 Å². The third-order valence-corrected chi connectivity index (χ3v) is 4.67. The van der Waals surface area contributed by atoms with E-state index in [-0.39, 0.29) is 28.7 Å². The summed E-state index contributed by atoms with van der Waals surface area (Å²) in [5.41, 5.74) is 7.11. The van der Waals surface area contributed by atoms with Crippen LogP contribution in [0.1, 0.15) is 33.3 Å². The Labute approximate surface area is 181 Å². The van der Waals surface area contributed by atoms with Crippen LogP contribution >= 0.6 is 0 Å². The van der Waals surface area contributed by atoms with Crippen LogP contribution in [0.3, 0.4) is 0 Å². The Morgan fingerprint density at radius 3 is 2.52 bits per heavy atom. The fraction of sp³-hybridized carbons (Fsp3) is 0.300. The second kappa shape index (κ2) is 10.0. The molecule has 11 heteroatoms. The van der Waals surface area contributed by atoms with Crippen molar-refractivity contribution in [2.45, 2.75) is 38.8 Å². The number of carbonyl (C=O) groups excluding carboxylic acids is 1. The van der Waals surface area contributed by atoms with Gasteiger partial charge in [0.15, 0.2) is 14.9 Å². The van der Waals surface area contributed by atoms with Crippen molar-refractivity contribution in [3.8, 4) is 5.75 Å². The number of aromatic nitrogens is 2. The maximum Gasteiger partial charge on any atom is 0.222 e. The van der Waals surface area contributed by atoms with Crippen LogP contribution in [0.25, 0.3) is 5.70 Å². The van der Waals surface area contributed by atoms with Gasteiger partial charge in [0.2, 0.25) is 5.91 Å². The van der Waals surface area contributed by atoms with Gasteiger partial charge in [0.05, 0.1) is 17.5 Å². The van der Waals surface area contributed by atoms with Crippen LogP contribution in [-0.2, 0) is 14.6 Å². The van der Waals surface area contributed by atoms with Crippen molar-refractivity contribution in [3.05, 3.63) is 36.2 Å². The van der Waals surface area contributed by atoms with E-state index in [1.165, 1.54) is 25.4 Å². The first-order valence-electron chi connectivity index (χ1n) is 9.38. The van der Waals surface area contributed by atoms with Crippen LogP contribution in [0, 0.1) is 0 Å². The summed E-state index contributed by atoms with van der Waals surface area (Å²) in [5, 5.41) is 5.52. The molecule has 0 radical (unpaired) electrons. The number of anilines is 3. The average molecular weight is 447 g/mol. The van der Waals surface area contributed by atoms with Gasteiger partial charge in [-0.1, -0.05) is 0 Å². The number of nitrogens with one attached hydrogen (secondary N) is 2. The summed E-state index contributed by atoms with van der Waals surface area (Å²) < 4.78 is 29.9. The zero-order valence-electron chi connectivity index (χ0n) is 18.0. The van der Waals surface area contributed by atoms with E-state index in [2.05, 4.69) is 25.6 Å². The fourth-order valence-electron chi connectivity index (χ4n) is 2.57. The molecule has 1 amide bonds. The Morgan fingerprint density at radius 2 is 1.97 bits per heavy atom. The van der Waals surface area contributed by atoms with Crippen molar-refractivity contribution in [1.29, 1.82) is 0 Å². The van der Waals surface area contributed by atoms with E-state index in [0.717, 1.165) is 6.26 Å². The number of carbonyl (C=O) groups is 1. The predicted molar refractivity (Wildman–Crippen MR) is 121 cm³/mol. The Morgan fingerprint density at radius 1 is 1.26 bits per heavy atom. The van der Waals surface area contributed by atoms with Crippen molar-refractivity contribution in [2.24, 2.45) is 10.7 Å². The Kier molecular flexibility index (Phi) is 7.70. The predicted octanol–water partition coefficient (Wildman–Crippen LogP) is 2.72. The number of pyridine rings is 2. The molecule has 0 aromatic carbocycles. The molecule has 166 valence electrons. The quantitative estimate of drug-likeness (QED) is 0.524. The molecular formula is C20H26N6O4S. The molecule has 0 bridgehead atoms. The molecule has 10 nitrogen and oxygen atoms in total. The maximum atomic E-state index is 12.1. The summed E-state index contributed by atoms with van der Waals surface area (Å²) in [5.74, 6) is 0.550. The van der Waals surface area contributed by atoms with Gasteiger partial charge in [0, 0.05) is 55.6 Å². The van der Waals surface area contributed by atoms with E-state index in [9.17, 15) is 13.2 Å². The minimum Gasteiger partial charge on any atom is -0.491 e. The standard InChI is InChI=1S/C20H26N6O4S/c1-6-22-17(10-21)15-11-23-18(24-13(4)27)9-16(15)25-19-7-14(30-12(2)3)8-20(26-19)31(5,28)29/h6-12H,21H2,1-5H3,(H2,23,24,25,26,27)/b17-10-,22-6-. The summed E-state index contributed by atoms with van der Waals surface area (Å²) in [6, 6.07) is 4.51. The highest BCUT2D eigenvalue weighted by Gasteiger charge is 2.16. The zero-order chi connectivity index (χ0) is 23.2. The van der Waals surface area contributed by atoms with Gasteiger partial charge >= 0.3 is 0 Å². The van der Waals surface area contributed by atoms with Crippen molar-refractivity contribution in [2.75, 3.05) is 16.9 Å². The zero-order valence-corrected chi connectivity index (χ0v) is 18.8. The molecule has 31 heavy (non-hydrogen) atoms. The SMILES string of the molecule is C/C=N\C(=C/N)c1cnc(NC(C)=O)cc1Nc1cc(OC(C)C)cc(S(C)(=O)=O)n1. The third-order valence-electron chi connectivity index (χ3n) is 3.70. The van der Waals surface area contributed by atoms with Crippen molar-refractivity contribution < 1.29 is 17.9 Å². The van der Waals surface area contributed by atoms with E-state index in [0.29, 0.717) is 22.7 Å². The van der Waals surface area contributed by atoms with E-state index in [4.69, 9.17) is 10.5 Å². The van der Waals surface area contributed by atoms with Gasteiger partial charge in [-0.2, -0.15) is 0 Å². The molecule has 0 fully saturated rings. The second-order valence-electron chi connectivity index (χ2n) is 6.83. The van der Waals surface area contributed by atoms with Crippen LogP contribution in [0.5, 0.6) is 5.75 Å². The van der Waals surface area contributed by atoms with E-state index in [1.807, 2.05) is 13.8 Å². The van der Waals surface area contributed by atoms with E-state index < -0.39 is 9.84 Å². The lowest BCUT2D eigenvalue weighted by atomic mass is 10.1. The number of hydrogen-bond acceptors (Lipinski definition) is 9. The molecule has 2 aromatic rings. The molecule has 2 aromatic heterocycles. The van der Waals surface area contributed by atoms with Crippen LogP contribution in [0.2, 0.25) is 0 Å². The van der Waals surface area contributed by atoms with E-state index >= 15 is 0 Å². The van der Waals surface area contributed by atoms with Gasteiger partial charge in [0.25, 0.3) is 0 Å². The summed E-state index contributed by atoms with van der Waals surface area (Å²) in [6.07, 6.45) is 5.27. The number of rotatable bonds is 8. The Hall–Kier alpha value is -3.47. The lowest BCUT2D eigenvalue weighted by molar-refractivity contribution is -0.114. The molecule has 0 spiro atoms. The molecular weight excluding hydrogens is 420 g/mol. The van der Waals surface area contributed by atoms with Crippen molar-refractivity contribution >= 4 is 45.0 Å². The smallest absolute Gasteiger partial charge is 0.222 e. The Bertz CT molecular complexity index is 1130. The summed E-state index contributed by atoms with van der Waals surface area (Å²) >= 11 is 0. The monoisotopic (exact) mass is 446 g/mol. The maximum absolute atomic E-state index is 12.1. The lowest BCUT2D eigenvalue weighted by Gasteiger charge is -2.16. The molecule has 0 atom stereocenters. The molecule has 4 N–H and O–H groups in total. The molecule has 0 aliphatic heterocycles. The fourth-order valence-corrected chi connectivity index (χ4v) is 3.16. The topological polar surface area (TPSA) is 149 Å². The number of amides is 1. The number of hydrogen-bond donors (Lipinski definition) is 3. The molecule has 0 aliphatic carbocycles. The molecule has 0 unspecified atom stereocenters. The number of nitrogens with two attached hydrogens (primary N) is 1. The number of sulfone groups is 1. The second-order valence-corrected chi connectivity index (χ2v) is 8.79. The summed E-state index contributed by atoms with van der Waals surface area (Å²) in [6.45, 7) is 6.76. The summed E-state index contributed by atoms with van der Waals surface area (Å²) in [4.78, 5) is 24.1. The van der Waals surface area contributed by atoms with E-state index in [1.54, 1.807) is 25.3 Å². The summed E-state index contributed by atoms with van der Waals surface area (Å²) in [7, 11) is -3.60. The highest BCUT2D eigenvalue weighted by molar-refractivity contribution is 7.90. The van der Waals surface area contributed by atoms with Gasteiger partial charge in [0.1, 0.15) is 17.4 Å². The molecule has 0 saturated carbocycles. The van der Waals surface area contributed by atoms with Gasteiger partial charge in [-0.3, -0.25) is 9.79 Å². The first-order valence-corrected chi connectivity index (χ1v) is 11.3. The average Bonchev–Trinajstić information content (AvgIpc) is 2.65. The van der Waals surface area contributed by atoms with Crippen LogP contribution in [0.15, 0.2) is 40.6 Å². The van der Waals surface area contributed by atoms with Crippen LogP contribution < -0.4 is 21.1 Å². The number of ether oxygens (including phenoxy) is 1. The largest absolute Gasteiger partial charge is 0.491 e. The normalized spacial score (nSPS) is 12.3. The highest BCUT2D eigenvalue weighted by atomic mass is 32.2. The molecule has 0 aliphatic rings.